The van der Waals surface area contributed by atoms with E-state index in [0.29, 0.717) is 11.6 Å². The maximum absolute atomic E-state index is 9.52. The molecule has 0 heterocycles. The second kappa shape index (κ2) is 6.60. The maximum Gasteiger partial charge on any atom is 0.119 e. The zero-order chi connectivity index (χ0) is 13.7. The molecule has 0 saturated carbocycles. The van der Waals surface area contributed by atoms with Crippen LogP contribution in [0.25, 0.3) is 0 Å². The summed E-state index contributed by atoms with van der Waals surface area (Å²) in [7, 11) is 0. The van der Waals surface area contributed by atoms with Crippen molar-refractivity contribution < 1.29 is 9.84 Å². The van der Waals surface area contributed by atoms with Crippen LogP contribution in [0.1, 0.15) is 17.0 Å². The van der Waals surface area contributed by atoms with Crippen LogP contribution >= 0.6 is 11.6 Å². The molecule has 2 aromatic rings. The number of ether oxygens (including phenoxy) is 1. The molecular formula is C16H17ClO2. The first-order valence-corrected chi connectivity index (χ1v) is 6.63. The Labute approximate surface area is 118 Å². The van der Waals surface area contributed by atoms with E-state index in [1.54, 1.807) is 12.1 Å². The second-order valence-corrected chi connectivity index (χ2v) is 4.94. The average molecular weight is 277 g/mol. The predicted molar refractivity (Wildman–Crippen MR) is 78.0 cm³/mol. The minimum Gasteiger partial charge on any atom is -0.493 e. The van der Waals surface area contributed by atoms with Gasteiger partial charge in [-0.2, -0.15) is 0 Å². The lowest BCUT2D eigenvalue weighted by Gasteiger charge is -2.17. The highest BCUT2D eigenvalue weighted by Gasteiger charge is 2.13. The Balaban J connectivity index is 2.04. The third-order valence-electron chi connectivity index (χ3n) is 3.11. The summed E-state index contributed by atoms with van der Waals surface area (Å²) in [5, 5.41) is 10.2. The van der Waals surface area contributed by atoms with E-state index in [9.17, 15) is 5.11 Å². The summed E-state index contributed by atoms with van der Waals surface area (Å²) in [6.45, 7) is 2.56. The standard InChI is InChI=1S/C16H17ClO2/c1-12-4-2-3-5-16(12)13(10-18)11-19-15-8-6-14(17)7-9-15/h2-9,13,18H,10-11H2,1H3. The summed E-state index contributed by atoms with van der Waals surface area (Å²) in [6, 6.07) is 15.3. The van der Waals surface area contributed by atoms with Crippen molar-refractivity contribution in [2.75, 3.05) is 13.2 Å². The molecule has 0 spiro atoms. The molecule has 0 radical (unpaired) electrons. The van der Waals surface area contributed by atoms with Gasteiger partial charge in [0.05, 0.1) is 13.2 Å². The van der Waals surface area contributed by atoms with Crippen LogP contribution in [0.4, 0.5) is 0 Å². The lowest BCUT2D eigenvalue weighted by molar-refractivity contribution is 0.204. The Bertz CT molecular complexity index is 523. The van der Waals surface area contributed by atoms with Gasteiger partial charge in [-0.1, -0.05) is 35.9 Å². The van der Waals surface area contributed by atoms with E-state index < -0.39 is 0 Å². The number of aliphatic hydroxyl groups excluding tert-OH is 1. The first-order valence-electron chi connectivity index (χ1n) is 6.25. The quantitative estimate of drug-likeness (QED) is 0.900. The van der Waals surface area contributed by atoms with Crippen molar-refractivity contribution in [3.63, 3.8) is 0 Å². The van der Waals surface area contributed by atoms with Gasteiger partial charge in [-0.3, -0.25) is 0 Å². The molecule has 1 N–H and O–H groups in total. The predicted octanol–water partition coefficient (Wildman–Crippen LogP) is 3.80. The van der Waals surface area contributed by atoms with Gasteiger partial charge in [-0.25, -0.2) is 0 Å². The third-order valence-corrected chi connectivity index (χ3v) is 3.37. The molecule has 3 heteroatoms. The smallest absolute Gasteiger partial charge is 0.119 e. The van der Waals surface area contributed by atoms with Gasteiger partial charge in [0.1, 0.15) is 5.75 Å². The Morgan fingerprint density at radius 2 is 1.79 bits per heavy atom. The van der Waals surface area contributed by atoms with Gasteiger partial charge >= 0.3 is 0 Å². The van der Waals surface area contributed by atoms with Gasteiger partial charge in [0, 0.05) is 10.9 Å². The van der Waals surface area contributed by atoms with E-state index in [-0.39, 0.29) is 12.5 Å². The summed E-state index contributed by atoms with van der Waals surface area (Å²) < 4.78 is 5.70. The molecule has 2 aromatic carbocycles. The van der Waals surface area contributed by atoms with Gasteiger partial charge in [-0.05, 0) is 42.3 Å². The molecule has 0 aliphatic rings. The summed E-state index contributed by atoms with van der Waals surface area (Å²) >= 11 is 5.82. The molecule has 0 aliphatic heterocycles. The zero-order valence-corrected chi connectivity index (χ0v) is 11.6. The number of aliphatic hydroxyl groups is 1. The van der Waals surface area contributed by atoms with Crippen molar-refractivity contribution in [1.82, 2.24) is 0 Å². The third kappa shape index (κ3) is 3.72. The minimum absolute atomic E-state index is 0.0168. The van der Waals surface area contributed by atoms with E-state index in [2.05, 4.69) is 0 Å². The Kier molecular flexibility index (Phi) is 4.83. The monoisotopic (exact) mass is 276 g/mol. The topological polar surface area (TPSA) is 29.5 Å². The van der Waals surface area contributed by atoms with Gasteiger partial charge in [0.25, 0.3) is 0 Å². The number of halogens is 1. The van der Waals surface area contributed by atoms with Gasteiger partial charge < -0.3 is 9.84 Å². The molecule has 1 atom stereocenters. The Morgan fingerprint density at radius 1 is 1.11 bits per heavy atom. The molecule has 0 aromatic heterocycles. The van der Waals surface area contributed by atoms with Crippen molar-refractivity contribution >= 4 is 11.6 Å². The fraction of sp³-hybridized carbons (Fsp3) is 0.250. The summed E-state index contributed by atoms with van der Waals surface area (Å²) in [5.74, 6) is 0.744. The molecule has 2 rings (SSSR count). The van der Waals surface area contributed by atoms with Gasteiger partial charge in [0.2, 0.25) is 0 Å². The fourth-order valence-electron chi connectivity index (χ4n) is 2.01. The maximum atomic E-state index is 9.52. The van der Waals surface area contributed by atoms with E-state index >= 15 is 0 Å². The van der Waals surface area contributed by atoms with Crippen LogP contribution in [0.3, 0.4) is 0 Å². The van der Waals surface area contributed by atoms with Gasteiger partial charge in [0.15, 0.2) is 0 Å². The highest BCUT2D eigenvalue weighted by Crippen LogP contribution is 2.22. The first-order chi connectivity index (χ1) is 9.20. The molecular weight excluding hydrogens is 260 g/mol. The molecule has 0 aliphatic carbocycles. The van der Waals surface area contributed by atoms with Crippen LogP contribution in [0.15, 0.2) is 48.5 Å². The first kappa shape index (κ1) is 13.9. The SMILES string of the molecule is Cc1ccccc1C(CO)COc1ccc(Cl)cc1. The second-order valence-electron chi connectivity index (χ2n) is 4.50. The molecule has 0 saturated heterocycles. The number of hydrogen-bond acceptors (Lipinski definition) is 2. The molecule has 100 valence electrons. The van der Waals surface area contributed by atoms with Crippen molar-refractivity contribution in [2.45, 2.75) is 12.8 Å². The zero-order valence-electron chi connectivity index (χ0n) is 10.8. The highest BCUT2D eigenvalue weighted by atomic mass is 35.5. The normalized spacial score (nSPS) is 12.2. The van der Waals surface area contributed by atoms with Crippen molar-refractivity contribution in [2.24, 2.45) is 0 Å². The lowest BCUT2D eigenvalue weighted by atomic mass is 9.96. The number of benzene rings is 2. The fourth-order valence-corrected chi connectivity index (χ4v) is 2.14. The number of rotatable bonds is 5. The highest BCUT2D eigenvalue weighted by molar-refractivity contribution is 6.30. The van der Waals surface area contributed by atoms with Crippen LogP contribution in [0, 0.1) is 6.92 Å². The lowest BCUT2D eigenvalue weighted by Crippen LogP contribution is -2.15. The summed E-state index contributed by atoms with van der Waals surface area (Å²) in [4.78, 5) is 0. The Morgan fingerprint density at radius 3 is 2.42 bits per heavy atom. The van der Waals surface area contributed by atoms with Crippen LogP contribution in [-0.4, -0.2) is 18.3 Å². The van der Waals surface area contributed by atoms with Crippen LogP contribution in [0.5, 0.6) is 5.75 Å². The van der Waals surface area contributed by atoms with Crippen LogP contribution < -0.4 is 4.74 Å². The molecule has 1 unspecified atom stereocenters. The number of aryl methyl sites for hydroxylation is 1. The average Bonchev–Trinajstić information content (AvgIpc) is 2.43. The molecule has 19 heavy (non-hydrogen) atoms. The Hall–Kier alpha value is -1.51. The largest absolute Gasteiger partial charge is 0.493 e. The van der Waals surface area contributed by atoms with E-state index in [4.69, 9.17) is 16.3 Å². The van der Waals surface area contributed by atoms with E-state index in [1.165, 1.54) is 5.56 Å². The molecule has 0 fully saturated rings. The molecule has 2 nitrogen and oxygen atoms in total. The number of hydrogen-bond donors (Lipinski definition) is 1. The minimum atomic E-state index is -0.0168. The van der Waals surface area contributed by atoms with E-state index in [0.717, 1.165) is 11.3 Å². The van der Waals surface area contributed by atoms with Crippen LogP contribution in [0.2, 0.25) is 5.02 Å². The van der Waals surface area contributed by atoms with Crippen molar-refractivity contribution in [1.29, 1.82) is 0 Å². The van der Waals surface area contributed by atoms with Crippen molar-refractivity contribution in [3.8, 4) is 5.75 Å². The van der Waals surface area contributed by atoms with Gasteiger partial charge in [-0.15, -0.1) is 0 Å². The molecule has 0 amide bonds. The van der Waals surface area contributed by atoms with E-state index in [1.807, 2.05) is 43.3 Å². The molecule has 0 bridgehead atoms. The summed E-state index contributed by atoms with van der Waals surface area (Å²) in [6.07, 6.45) is 0. The van der Waals surface area contributed by atoms with Crippen LogP contribution in [-0.2, 0) is 0 Å². The van der Waals surface area contributed by atoms with Crippen molar-refractivity contribution in [3.05, 3.63) is 64.7 Å². The summed E-state index contributed by atoms with van der Waals surface area (Å²) in [5.41, 5.74) is 2.29.